The van der Waals surface area contributed by atoms with Gasteiger partial charge in [-0.25, -0.2) is 4.39 Å². The zero-order chi connectivity index (χ0) is 18.4. The van der Waals surface area contributed by atoms with Crippen molar-refractivity contribution in [3.63, 3.8) is 0 Å². The molecule has 0 spiro atoms. The van der Waals surface area contributed by atoms with E-state index in [1.165, 1.54) is 6.07 Å². The molecule has 2 amide bonds. The molecule has 1 saturated carbocycles. The molecule has 1 fully saturated rings. The molecule has 3 rings (SSSR count). The van der Waals surface area contributed by atoms with Crippen molar-refractivity contribution in [2.45, 2.75) is 32.2 Å². The lowest BCUT2D eigenvalue weighted by molar-refractivity contribution is -0.128. The number of halogens is 1. The number of rotatable bonds is 5. The second-order valence-electron chi connectivity index (χ2n) is 6.60. The SMILES string of the molecule is O=C(NCc1cccnc1)C1CCC(C(=O)Nc2ccccc2F)CC1. The number of nitrogens with zero attached hydrogens (tertiary/aromatic N) is 1. The van der Waals surface area contributed by atoms with E-state index in [1.807, 2.05) is 12.1 Å². The molecule has 2 aromatic rings. The Hall–Kier alpha value is -2.76. The first kappa shape index (κ1) is 18.0. The molecule has 1 aliphatic carbocycles. The Kier molecular flexibility index (Phi) is 5.94. The van der Waals surface area contributed by atoms with E-state index in [4.69, 9.17) is 0 Å². The van der Waals surface area contributed by atoms with Crippen molar-refractivity contribution in [1.82, 2.24) is 10.3 Å². The van der Waals surface area contributed by atoms with E-state index >= 15 is 0 Å². The Morgan fingerprint density at radius 1 is 1.00 bits per heavy atom. The third-order valence-electron chi connectivity index (χ3n) is 4.79. The molecule has 0 unspecified atom stereocenters. The monoisotopic (exact) mass is 355 g/mol. The second kappa shape index (κ2) is 8.56. The van der Waals surface area contributed by atoms with E-state index in [0.717, 1.165) is 5.56 Å². The van der Waals surface area contributed by atoms with Crippen molar-refractivity contribution in [3.8, 4) is 0 Å². The van der Waals surface area contributed by atoms with Gasteiger partial charge in [0.2, 0.25) is 11.8 Å². The van der Waals surface area contributed by atoms with Crippen LogP contribution in [-0.4, -0.2) is 16.8 Å². The van der Waals surface area contributed by atoms with Crippen molar-refractivity contribution in [1.29, 1.82) is 0 Å². The van der Waals surface area contributed by atoms with Crippen LogP contribution in [0.4, 0.5) is 10.1 Å². The van der Waals surface area contributed by atoms with E-state index in [9.17, 15) is 14.0 Å². The second-order valence-corrected chi connectivity index (χ2v) is 6.60. The summed E-state index contributed by atoms with van der Waals surface area (Å²) in [5, 5.41) is 5.58. The Morgan fingerprint density at radius 2 is 1.69 bits per heavy atom. The molecular weight excluding hydrogens is 333 g/mol. The number of para-hydroxylation sites is 1. The quantitative estimate of drug-likeness (QED) is 0.865. The number of pyridine rings is 1. The van der Waals surface area contributed by atoms with E-state index in [-0.39, 0.29) is 29.3 Å². The molecule has 5 nitrogen and oxygen atoms in total. The van der Waals surface area contributed by atoms with Gasteiger partial charge < -0.3 is 10.6 Å². The molecule has 1 aromatic carbocycles. The van der Waals surface area contributed by atoms with E-state index in [0.29, 0.717) is 32.2 Å². The van der Waals surface area contributed by atoms with Crippen LogP contribution in [0.1, 0.15) is 31.2 Å². The van der Waals surface area contributed by atoms with Gasteiger partial charge in [0.1, 0.15) is 5.82 Å². The zero-order valence-corrected chi connectivity index (χ0v) is 14.5. The lowest BCUT2D eigenvalue weighted by Gasteiger charge is -2.27. The molecule has 0 aliphatic heterocycles. The fourth-order valence-corrected chi connectivity index (χ4v) is 3.25. The summed E-state index contributed by atoms with van der Waals surface area (Å²) in [5.41, 5.74) is 1.16. The molecule has 26 heavy (non-hydrogen) atoms. The summed E-state index contributed by atoms with van der Waals surface area (Å²) in [4.78, 5) is 28.6. The predicted octanol–water partition coefficient (Wildman–Crippen LogP) is 3.28. The van der Waals surface area contributed by atoms with Gasteiger partial charge in [-0.15, -0.1) is 0 Å². The van der Waals surface area contributed by atoms with Crippen LogP contribution in [0.3, 0.4) is 0 Å². The van der Waals surface area contributed by atoms with Gasteiger partial charge in [-0.1, -0.05) is 18.2 Å². The number of nitrogens with one attached hydrogen (secondary N) is 2. The molecule has 1 heterocycles. The fraction of sp³-hybridized carbons (Fsp3) is 0.350. The van der Waals surface area contributed by atoms with Gasteiger partial charge in [-0.3, -0.25) is 14.6 Å². The van der Waals surface area contributed by atoms with Crippen molar-refractivity contribution in [3.05, 3.63) is 60.2 Å². The van der Waals surface area contributed by atoms with Crippen LogP contribution in [0.2, 0.25) is 0 Å². The normalized spacial score (nSPS) is 19.6. The molecule has 1 aromatic heterocycles. The minimum atomic E-state index is -0.440. The van der Waals surface area contributed by atoms with Gasteiger partial charge in [0, 0.05) is 30.8 Å². The standard InChI is InChI=1S/C20H22FN3O2/c21-17-5-1-2-6-18(17)24-20(26)16-9-7-15(8-10-16)19(25)23-13-14-4-3-11-22-12-14/h1-6,11-12,15-16H,7-10,13H2,(H,23,25)(H,24,26). The molecule has 0 atom stereocenters. The highest BCUT2D eigenvalue weighted by atomic mass is 19.1. The molecule has 0 saturated heterocycles. The van der Waals surface area contributed by atoms with Crippen LogP contribution in [0.15, 0.2) is 48.8 Å². The van der Waals surface area contributed by atoms with Crippen LogP contribution in [-0.2, 0) is 16.1 Å². The maximum atomic E-state index is 13.6. The predicted molar refractivity (Wildman–Crippen MR) is 96.6 cm³/mol. The summed E-state index contributed by atoms with van der Waals surface area (Å²) in [6.07, 6.45) is 6.00. The minimum Gasteiger partial charge on any atom is -0.352 e. The third-order valence-corrected chi connectivity index (χ3v) is 4.79. The van der Waals surface area contributed by atoms with Crippen molar-refractivity contribution >= 4 is 17.5 Å². The van der Waals surface area contributed by atoms with E-state index < -0.39 is 5.82 Å². The number of benzene rings is 1. The van der Waals surface area contributed by atoms with Crippen LogP contribution < -0.4 is 10.6 Å². The average Bonchev–Trinajstić information content (AvgIpc) is 2.69. The first-order chi connectivity index (χ1) is 12.6. The summed E-state index contributed by atoms with van der Waals surface area (Å²) in [6.45, 7) is 0.459. The molecule has 136 valence electrons. The van der Waals surface area contributed by atoms with Gasteiger partial charge in [0.15, 0.2) is 0 Å². The Morgan fingerprint density at radius 3 is 2.35 bits per heavy atom. The Labute approximate surface area is 152 Å². The van der Waals surface area contributed by atoms with Gasteiger partial charge in [0.25, 0.3) is 0 Å². The molecule has 0 radical (unpaired) electrons. The highest BCUT2D eigenvalue weighted by Crippen LogP contribution is 2.30. The minimum absolute atomic E-state index is 0.0156. The van der Waals surface area contributed by atoms with Crippen molar-refractivity contribution < 1.29 is 14.0 Å². The fourth-order valence-electron chi connectivity index (χ4n) is 3.25. The maximum Gasteiger partial charge on any atom is 0.227 e. The largest absolute Gasteiger partial charge is 0.352 e. The van der Waals surface area contributed by atoms with Gasteiger partial charge in [-0.2, -0.15) is 0 Å². The number of carbonyl (C=O) groups is 2. The highest BCUT2D eigenvalue weighted by molar-refractivity contribution is 5.92. The third kappa shape index (κ3) is 4.65. The number of aromatic nitrogens is 1. The lowest BCUT2D eigenvalue weighted by atomic mass is 9.81. The Bertz CT molecular complexity index is 759. The molecule has 1 aliphatic rings. The van der Waals surface area contributed by atoms with Crippen molar-refractivity contribution in [2.75, 3.05) is 5.32 Å². The molecule has 2 N–H and O–H groups in total. The molecule has 0 bridgehead atoms. The van der Waals surface area contributed by atoms with Gasteiger partial charge in [-0.05, 0) is 49.4 Å². The topological polar surface area (TPSA) is 71.1 Å². The lowest BCUT2D eigenvalue weighted by Crippen LogP contribution is -2.35. The molecule has 6 heteroatoms. The summed E-state index contributed by atoms with van der Waals surface area (Å²) >= 11 is 0. The number of hydrogen-bond acceptors (Lipinski definition) is 3. The summed E-state index contributed by atoms with van der Waals surface area (Å²) in [7, 11) is 0. The zero-order valence-electron chi connectivity index (χ0n) is 14.5. The van der Waals surface area contributed by atoms with Crippen LogP contribution in [0, 0.1) is 17.7 Å². The first-order valence-corrected chi connectivity index (χ1v) is 8.85. The van der Waals surface area contributed by atoms with Gasteiger partial charge >= 0.3 is 0 Å². The van der Waals surface area contributed by atoms with E-state index in [1.54, 1.807) is 30.6 Å². The summed E-state index contributed by atoms with van der Waals surface area (Å²) < 4.78 is 13.6. The molecular formula is C20H22FN3O2. The first-order valence-electron chi connectivity index (χ1n) is 8.85. The summed E-state index contributed by atoms with van der Waals surface area (Å²) in [6, 6.07) is 9.88. The van der Waals surface area contributed by atoms with Crippen molar-refractivity contribution in [2.24, 2.45) is 11.8 Å². The van der Waals surface area contributed by atoms with E-state index in [2.05, 4.69) is 15.6 Å². The average molecular weight is 355 g/mol. The maximum absolute atomic E-state index is 13.6. The van der Waals surface area contributed by atoms with Crippen LogP contribution in [0.5, 0.6) is 0 Å². The number of carbonyl (C=O) groups excluding carboxylic acids is 2. The Balaban J connectivity index is 1.45. The van der Waals surface area contributed by atoms with Crippen LogP contribution >= 0.6 is 0 Å². The number of hydrogen-bond donors (Lipinski definition) is 2. The number of amides is 2. The smallest absolute Gasteiger partial charge is 0.227 e. The van der Waals surface area contributed by atoms with Gasteiger partial charge in [0.05, 0.1) is 5.69 Å². The van der Waals surface area contributed by atoms with Crippen LogP contribution in [0.25, 0.3) is 0 Å². The highest BCUT2D eigenvalue weighted by Gasteiger charge is 2.30. The summed E-state index contributed by atoms with van der Waals surface area (Å²) in [5.74, 6) is -0.864. The number of anilines is 1.